The lowest BCUT2D eigenvalue weighted by Gasteiger charge is -2.44. The largest absolute Gasteiger partial charge is 0.437 e. The molecule has 0 spiro atoms. The number of rotatable bonds is 12. The van der Waals surface area contributed by atoms with E-state index in [1.165, 1.54) is 0 Å². The Hall–Kier alpha value is 1.39. The molecular weight excluding hydrogens is 488 g/mol. The second-order valence-electron chi connectivity index (χ2n) is 11.2. The van der Waals surface area contributed by atoms with E-state index >= 15 is 0 Å². The van der Waals surface area contributed by atoms with E-state index in [-0.39, 0.29) is 0 Å². The molecule has 0 unspecified atom stereocenters. The minimum absolute atomic E-state index is 0.310. The van der Waals surface area contributed by atoms with E-state index in [4.69, 9.17) is 31.7 Å². The molecule has 0 aromatic rings. The molecule has 0 aromatic heterocycles. The molecule has 0 saturated carbocycles. The Balaban J connectivity index is 5.29. The van der Waals surface area contributed by atoms with Gasteiger partial charge in [0, 0.05) is 0 Å². The first-order valence-corrected chi connectivity index (χ1v) is 28.4. The molecule has 0 saturated heterocycles. The van der Waals surface area contributed by atoms with Gasteiger partial charge in [0.2, 0.25) is 0 Å². The van der Waals surface area contributed by atoms with Crippen LogP contribution in [0.15, 0.2) is 0 Å². The highest BCUT2D eigenvalue weighted by Crippen LogP contribution is 2.40. The smallest absolute Gasteiger partial charge is 0.314 e. The lowest BCUT2D eigenvalue weighted by atomic mass is 10.5. The molecule has 176 valence electrons. The molecule has 29 heavy (non-hydrogen) atoms. The monoisotopic (exact) mass is 534 g/mol. The average molecular weight is 536 g/mol. The van der Waals surface area contributed by atoms with Gasteiger partial charge in [-0.1, -0.05) is 27.7 Å². The highest BCUT2D eigenvalue weighted by Gasteiger charge is 2.50. The molecule has 0 rings (SSSR count). The van der Waals surface area contributed by atoms with Crippen LogP contribution in [0.5, 0.6) is 0 Å². The first-order valence-electron chi connectivity index (χ1n) is 10.6. The van der Waals surface area contributed by atoms with Crippen LogP contribution >= 0.6 is 11.1 Å². The molecule has 0 fully saturated rings. The molecule has 5 nitrogen and oxygen atoms in total. The second-order valence-corrected chi connectivity index (χ2v) is 36.2. The zero-order chi connectivity index (χ0) is 23.7. The van der Waals surface area contributed by atoms with Gasteiger partial charge in [0.15, 0.2) is 8.32 Å². The molecule has 0 aliphatic heterocycles. The molecule has 0 atom stereocenters. The van der Waals surface area contributed by atoms with Gasteiger partial charge in [0.25, 0.3) is 7.63 Å². The lowest BCUT2D eigenvalue weighted by Crippen LogP contribution is -2.60. The summed E-state index contributed by atoms with van der Waals surface area (Å²) in [6.45, 7) is 31.9. The molecule has 0 heterocycles. The van der Waals surface area contributed by atoms with Gasteiger partial charge in [-0.05, 0) is 83.1 Å². The molecule has 0 bridgehead atoms. The first kappa shape index (κ1) is 30.4. The molecule has 0 aromatic carbocycles. The van der Waals surface area contributed by atoms with Gasteiger partial charge in [-0.3, -0.25) is 0 Å². The Morgan fingerprint density at radius 1 is 0.448 bits per heavy atom. The fraction of sp³-hybridized carbons (Fsp3) is 1.00. The Morgan fingerprint density at radius 2 is 0.690 bits per heavy atom. The van der Waals surface area contributed by atoms with Crippen molar-refractivity contribution in [2.45, 2.75) is 111 Å². The molecule has 0 amide bonds. The summed E-state index contributed by atoms with van der Waals surface area (Å²) >= 11 is 7.03. The quantitative estimate of drug-likeness (QED) is 0.195. The third-order valence-corrected chi connectivity index (χ3v) is 29.9. The highest BCUT2D eigenvalue weighted by atomic mass is 35.6. The Bertz CT molecular complexity index is 527. The van der Waals surface area contributed by atoms with E-state index < -0.39 is 50.2 Å². The van der Waals surface area contributed by atoms with Crippen LogP contribution in [0.2, 0.25) is 83.1 Å². The minimum atomic E-state index is -2.49. The van der Waals surface area contributed by atoms with Crippen molar-refractivity contribution in [1.82, 2.24) is 0 Å². The summed E-state index contributed by atoms with van der Waals surface area (Å²) in [5, 5.41) is 0. The summed E-state index contributed by atoms with van der Waals surface area (Å²) in [5.74, 6) is 0. The van der Waals surface area contributed by atoms with Gasteiger partial charge < -0.3 is 20.6 Å². The van der Waals surface area contributed by atoms with Crippen molar-refractivity contribution in [1.29, 1.82) is 0 Å². The van der Waals surface area contributed by atoms with Gasteiger partial charge >= 0.3 is 34.2 Å². The van der Waals surface area contributed by atoms with Crippen molar-refractivity contribution in [2.75, 3.05) is 0 Å². The fourth-order valence-electron chi connectivity index (χ4n) is 3.88. The van der Waals surface area contributed by atoms with Crippen molar-refractivity contribution in [3.05, 3.63) is 0 Å². The van der Waals surface area contributed by atoms with E-state index in [1.807, 2.05) is 0 Å². The zero-order valence-electron chi connectivity index (χ0n) is 21.6. The summed E-state index contributed by atoms with van der Waals surface area (Å²) < 4.78 is 32.6. The second kappa shape index (κ2) is 10.1. The van der Waals surface area contributed by atoms with Gasteiger partial charge in [-0.25, -0.2) is 0 Å². The van der Waals surface area contributed by atoms with Crippen molar-refractivity contribution < 1.29 is 20.6 Å². The van der Waals surface area contributed by atoms with E-state index in [2.05, 4.69) is 99.7 Å². The molecule has 0 radical (unpaired) electrons. The third-order valence-electron chi connectivity index (χ3n) is 4.00. The van der Waals surface area contributed by atoms with E-state index in [0.29, 0.717) is 11.1 Å². The van der Waals surface area contributed by atoms with Crippen molar-refractivity contribution in [3.8, 4) is 0 Å². The maximum Gasteiger partial charge on any atom is 0.314 e. The molecule has 0 aliphatic rings. The number of hydrogen-bond acceptors (Lipinski definition) is 5. The molecular formula is C17H47ClO5Si6. The minimum Gasteiger partial charge on any atom is -0.437 e. The average Bonchev–Trinajstić information content (AvgIpc) is 2.28. The SMILES string of the molecule is CC(C)[Si](Cl)(O[Si](C)(C)O[Si](C)(C)O[Si](C)(C)O[Si](C)(C)O[Si](C)(C)C)C(C)C. The predicted molar refractivity (Wildman–Crippen MR) is 141 cm³/mol. The Kier molecular flexibility index (Phi) is 10.6. The van der Waals surface area contributed by atoms with Crippen LogP contribution in [-0.4, -0.2) is 50.2 Å². The summed E-state index contributed by atoms with van der Waals surface area (Å²) in [6, 6.07) is 0. The van der Waals surface area contributed by atoms with E-state index in [9.17, 15) is 0 Å². The van der Waals surface area contributed by atoms with Crippen LogP contribution in [0.4, 0.5) is 0 Å². The summed E-state index contributed by atoms with van der Waals surface area (Å²) in [5.41, 5.74) is 0.620. The number of hydrogen-bond donors (Lipinski definition) is 0. The maximum atomic E-state index is 7.03. The van der Waals surface area contributed by atoms with Crippen LogP contribution in [0.3, 0.4) is 0 Å². The molecule has 12 heteroatoms. The van der Waals surface area contributed by atoms with Crippen molar-refractivity contribution in [3.63, 3.8) is 0 Å². The molecule has 0 aliphatic carbocycles. The first-order chi connectivity index (χ1) is 12.4. The Morgan fingerprint density at radius 3 is 0.931 bits per heavy atom. The summed E-state index contributed by atoms with van der Waals surface area (Å²) in [7, 11) is -13.8. The van der Waals surface area contributed by atoms with Crippen LogP contribution in [0.25, 0.3) is 0 Å². The summed E-state index contributed by atoms with van der Waals surface area (Å²) in [4.78, 5) is 0. The van der Waals surface area contributed by atoms with Crippen LogP contribution < -0.4 is 0 Å². The fourth-order valence-corrected chi connectivity index (χ4v) is 34.1. The van der Waals surface area contributed by atoms with Crippen molar-refractivity contribution in [2.24, 2.45) is 0 Å². The molecule has 0 N–H and O–H groups in total. The normalized spacial score (nSPS) is 15.5. The van der Waals surface area contributed by atoms with Crippen LogP contribution in [0, 0.1) is 0 Å². The maximum absolute atomic E-state index is 7.03. The zero-order valence-corrected chi connectivity index (χ0v) is 28.3. The number of halogens is 1. The van der Waals surface area contributed by atoms with Crippen molar-refractivity contribution >= 4 is 61.3 Å². The summed E-state index contributed by atoms with van der Waals surface area (Å²) in [6.07, 6.45) is 0. The van der Waals surface area contributed by atoms with Gasteiger partial charge in [-0.15, -0.1) is 11.1 Å². The predicted octanol–water partition coefficient (Wildman–Crippen LogP) is 7.21. The topological polar surface area (TPSA) is 46.2 Å². The third kappa shape index (κ3) is 11.7. The van der Waals surface area contributed by atoms with Gasteiger partial charge in [0.1, 0.15) is 0 Å². The standard InChI is InChI=1S/C17H47ClO5Si6/c1-16(2)29(18,17(3)4)23-28(14,15)22-27(12,13)21-26(10,11)20-25(8,9)19-24(5,6)7/h16-17H,1-15H3. The lowest BCUT2D eigenvalue weighted by molar-refractivity contribution is 0.281. The highest BCUT2D eigenvalue weighted by molar-refractivity contribution is 7.20. The van der Waals surface area contributed by atoms with E-state index in [0.717, 1.165) is 0 Å². The van der Waals surface area contributed by atoms with E-state index in [1.54, 1.807) is 0 Å². The van der Waals surface area contributed by atoms with Crippen LogP contribution in [-0.2, 0) is 20.6 Å². The Labute approximate surface area is 192 Å². The van der Waals surface area contributed by atoms with Gasteiger partial charge in [-0.2, -0.15) is 0 Å². The van der Waals surface area contributed by atoms with Gasteiger partial charge in [0.05, 0.1) is 0 Å². The van der Waals surface area contributed by atoms with Crippen LogP contribution in [0.1, 0.15) is 27.7 Å².